The van der Waals surface area contributed by atoms with E-state index in [0.717, 1.165) is 25.1 Å². The molecule has 2 nitrogen and oxygen atoms in total. The first-order chi connectivity index (χ1) is 13.6. The van der Waals surface area contributed by atoms with Crippen LogP contribution in [-0.2, 0) is 6.42 Å². The van der Waals surface area contributed by atoms with Gasteiger partial charge in [-0.05, 0) is 67.8 Å². The van der Waals surface area contributed by atoms with Crippen molar-refractivity contribution in [2.45, 2.75) is 51.7 Å². The molecular weight excluding hydrogens is 362 g/mol. The zero-order chi connectivity index (χ0) is 19.8. The fourth-order valence-electron chi connectivity index (χ4n) is 3.59. The summed E-state index contributed by atoms with van der Waals surface area (Å²) < 4.78 is 5.82. The van der Waals surface area contributed by atoms with Crippen LogP contribution in [0.15, 0.2) is 72.1 Å². The predicted molar refractivity (Wildman–Crippen MR) is 119 cm³/mol. The molecule has 1 aromatic heterocycles. The summed E-state index contributed by atoms with van der Waals surface area (Å²) in [5, 5.41) is 4.64. The second-order valence-electron chi connectivity index (χ2n) is 7.74. The number of thiophene rings is 1. The maximum absolute atomic E-state index is 5.82. The minimum absolute atomic E-state index is 0.208. The van der Waals surface area contributed by atoms with Crippen molar-refractivity contribution < 1.29 is 10.1 Å². The molecule has 28 heavy (non-hydrogen) atoms. The highest BCUT2D eigenvalue weighted by Crippen LogP contribution is 2.26. The van der Waals surface area contributed by atoms with Gasteiger partial charge in [0.1, 0.15) is 11.8 Å². The molecule has 0 saturated carbocycles. The lowest BCUT2D eigenvalue weighted by molar-refractivity contribution is -0.692. The molecule has 2 N–H and O–H groups in total. The molecule has 0 fully saturated rings. The highest BCUT2D eigenvalue weighted by atomic mass is 32.1. The van der Waals surface area contributed by atoms with Crippen molar-refractivity contribution >= 4 is 11.3 Å². The minimum atomic E-state index is 0.208. The van der Waals surface area contributed by atoms with Crippen LogP contribution in [0, 0.1) is 0 Å². The van der Waals surface area contributed by atoms with E-state index in [1.54, 1.807) is 0 Å². The first-order valence-corrected chi connectivity index (χ1v) is 11.2. The lowest BCUT2D eigenvalue weighted by atomic mass is 9.89. The molecule has 0 aliphatic heterocycles. The quantitative estimate of drug-likeness (QED) is 0.477. The molecule has 0 radical (unpaired) electrons. The number of rotatable bonds is 10. The van der Waals surface area contributed by atoms with Gasteiger partial charge < -0.3 is 10.1 Å². The zero-order valence-electron chi connectivity index (χ0n) is 17.2. The third-order valence-electron chi connectivity index (χ3n) is 5.08. The highest BCUT2D eigenvalue weighted by Gasteiger charge is 2.16. The van der Waals surface area contributed by atoms with Crippen LogP contribution >= 0.6 is 11.3 Å². The molecule has 3 heteroatoms. The average molecular weight is 395 g/mol. The Balaban J connectivity index is 1.66. The van der Waals surface area contributed by atoms with Crippen LogP contribution < -0.4 is 10.1 Å². The number of benzene rings is 2. The second kappa shape index (κ2) is 10.4. The molecule has 0 spiro atoms. The van der Waals surface area contributed by atoms with Crippen LogP contribution in [0.4, 0.5) is 0 Å². The van der Waals surface area contributed by atoms with Gasteiger partial charge in [-0.15, -0.1) is 11.3 Å². The zero-order valence-corrected chi connectivity index (χ0v) is 18.0. The van der Waals surface area contributed by atoms with Crippen molar-refractivity contribution in [1.82, 2.24) is 0 Å². The highest BCUT2D eigenvalue weighted by molar-refractivity contribution is 7.10. The van der Waals surface area contributed by atoms with Crippen molar-refractivity contribution in [3.05, 3.63) is 88.1 Å². The summed E-state index contributed by atoms with van der Waals surface area (Å²) in [4.78, 5) is 1.45. The van der Waals surface area contributed by atoms with E-state index in [1.807, 2.05) is 11.3 Å². The number of hydrogen-bond donors (Lipinski definition) is 1. The molecule has 148 valence electrons. The smallest absolute Gasteiger partial charge is 0.119 e. The van der Waals surface area contributed by atoms with Crippen molar-refractivity contribution in [3.8, 4) is 5.75 Å². The number of quaternary nitrogens is 1. The monoisotopic (exact) mass is 394 g/mol. The van der Waals surface area contributed by atoms with Crippen molar-refractivity contribution in [2.24, 2.45) is 0 Å². The van der Waals surface area contributed by atoms with Gasteiger partial charge in [-0.3, -0.25) is 0 Å². The van der Waals surface area contributed by atoms with Gasteiger partial charge in [0.2, 0.25) is 0 Å². The molecular formula is C25H32NOS+. The van der Waals surface area contributed by atoms with Gasteiger partial charge >= 0.3 is 0 Å². The summed E-state index contributed by atoms with van der Waals surface area (Å²) in [6, 6.07) is 24.5. The summed E-state index contributed by atoms with van der Waals surface area (Å²) in [7, 11) is 0. The molecule has 0 unspecified atom stereocenters. The molecule has 3 aromatic rings. The summed E-state index contributed by atoms with van der Waals surface area (Å²) in [5.41, 5.74) is 2.80. The normalized spacial score (nSPS) is 13.4. The largest absolute Gasteiger partial charge is 0.491 e. The summed E-state index contributed by atoms with van der Waals surface area (Å²) >= 11 is 1.85. The Bertz CT molecular complexity index is 796. The van der Waals surface area contributed by atoms with Crippen LogP contribution in [-0.4, -0.2) is 12.6 Å². The Labute approximate surface area is 173 Å². The Morgan fingerprint density at radius 1 is 0.893 bits per heavy atom. The van der Waals surface area contributed by atoms with Crippen LogP contribution in [0.1, 0.15) is 55.2 Å². The summed E-state index contributed by atoms with van der Waals surface area (Å²) in [5.74, 6) is 1.47. The Morgan fingerprint density at radius 3 is 2.29 bits per heavy atom. The number of ether oxygens (including phenoxy) is 1. The van der Waals surface area contributed by atoms with Gasteiger partial charge in [0.25, 0.3) is 0 Å². The first-order valence-electron chi connectivity index (χ1n) is 10.3. The third-order valence-corrected chi connectivity index (χ3v) is 6.15. The number of nitrogens with two attached hydrogens (primary N) is 1. The van der Waals surface area contributed by atoms with Crippen molar-refractivity contribution in [2.75, 3.05) is 6.54 Å². The molecule has 0 saturated heterocycles. The van der Waals surface area contributed by atoms with E-state index in [1.165, 1.54) is 16.0 Å². The fourth-order valence-corrected chi connectivity index (χ4v) is 4.37. The van der Waals surface area contributed by atoms with Crippen molar-refractivity contribution in [3.63, 3.8) is 0 Å². The second-order valence-corrected chi connectivity index (χ2v) is 8.72. The molecule has 0 aliphatic carbocycles. The topological polar surface area (TPSA) is 25.8 Å². The van der Waals surface area contributed by atoms with Crippen LogP contribution in [0.25, 0.3) is 0 Å². The van der Waals surface area contributed by atoms with E-state index in [9.17, 15) is 0 Å². The first kappa shape index (κ1) is 20.6. The van der Waals surface area contributed by atoms with Crippen LogP contribution in [0.3, 0.4) is 0 Å². The fraction of sp³-hybridized carbons (Fsp3) is 0.360. The minimum Gasteiger partial charge on any atom is -0.491 e. The predicted octanol–water partition coefficient (Wildman–Crippen LogP) is 5.58. The van der Waals surface area contributed by atoms with E-state index in [4.69, 9.17) is 4.74 Å². The molecule has 0 bridgehead atoms. The van der Waals surface area contributed by atoms with E-state index >= 15 is 0 Å². The summed E-state index contributed by atoms with van der Waals surface area (Å²) in [6.07, 6.45) is 2.45. The molecule has 1 heterocycles. The molecule has 2 aromatic carbocycles. The van der Waals surface area contributed by atoms with Crippen molar-refractivity contribution in [1.29, 1.82) is 0 Å². The SMILES string of the molecule is CC(C)Oc1ccc([C@H](CC[NH2+][C@H](C)c2cccs2)Cc2ccccc2)cc1. The molecule has 2 atom stereocenters. The van der Waals surface area contributed by atoms with E-state index in [0.29, 0.717) is 12.0 Å². The van der Waals surface area contributed by atoms with Gasteiger partial charge in [-0.1, -0.05) is 48.5 Å². The van der Waals surface area contributed by atoms with Gasteiger partial charge in [-0.2, -0.15) is 0 Å². The van der Waals surface area contributed by atoms with E-state index in [2.05, 4.69) is 98.2 Å². The number of hydrogen-bond acceptors (Lipinski definition) is 2. The molecule has 3 rings (SSSR count). The van der Waals surface area contributed by atoms with Gasteiger partial charge in [-0.25, -0.2) is 0 Å². The molecule has 0 aliphatic rings. The maximum atomic E-state index is 5.82. The van der Waals surface area contributed by atoms with Gasteiger partial charge in [0.15, 0.2) is 0 Å². The average Bonchev–Trinajstić information content (AvgIpc) is 3.23. The Kier molecular flexibility index (Phi) is 7.70. The maximum Gasteiger partial charge on any atom is 0.119 e. The third kappa shape index (κ3) is 6.22. The lowest BCUT2D eigenvalue weighted by Gasteiger charge is -2.19. The standard InChI is InChI=1S/C25H31NOS/c1-19(2)27-24-13-11-22(12-14-24)23(18-21-8-5-4-6-9-21)15-16-26-20(3)25-10-7-17-28-25/h4-14,17,19-20,23,26H,15-16,18H2,1-3H3/p+1/t20-,23-/m1/s1. The van der Waals surface area contributed by atoms with Gasteiger partial charge in [0, 0.05) is 6.42 Å². The Morgan fingerprint density at radius 2 is 1.64 bits per heavy atom. The van der Waals surface area contributed by atoms with Crippen LogP contribution in [0.5, 0.6) is 5.75 Å². The molecule has 0 amide bonds. The van der Waals surface area contributed by atoms with Crippen LogP contribution in [0.2, 0.25) is 0 Å². The van der Waals surface area contributed by atoms with E-state index < -0.39 is 0 Å². The Hall–Kier alpha value is -2.10. The van der Waals surface area contributed by atoms with E-state index in [-0.39, 0.29) is 6.10 Å². The van der Waals surface area contributed by atoms with Gasteiger partial charge in [0.05, 0.1) is 17.5 Å². The lowest BCUT2D eigenvalue weighted by Crippen LogP contribution is -2.84. The summed E-state index contributed by atoms with van der Waals surface area (Å²) in [6.45, 7) is 7.56.